The molecule has 0 aliphatic rings. The first-order chi connectivity index (χ1) is 10.6. The number of anilines is 1. The summed E-state index contributed by atoms with van der Waals surface area (Å²) in [7, 11) is 0. The Kier molecular flexibility index (Phi) is 4.15. The molecule has 0 saturated carbocycles. The van der Waals surface area contributed by atoms with Crippen LogP contribution in [0.1, 0.15) is 29.2 Å². The lowest BCUT2D eigenvalue weighted by Crippen LogP contribution is -2.09. The fraction of sp³-hybridized carbons (Fsp3) is 0.235. The van der Waals surface area contributed by atoms with Crippen molar-refractivity contribution in [3.8, 4) is 11.3 Å². The van der Waals surface area contributed by atoms with Crippen molar-refractivity contribution in [2.24, 2.45) is 0 Å². The van der Waals surface area contributed by atoms with Crippen molar-refractivity contribution in [1.29, 1.82) is 0 Å². The van der Waals surface area contributed by atoms with E-state index in [9.17, 15) is 0 Å². The highest BCUT2D eigenvalue weighted by Gasteiger charge is 2.10. The first-order valence-corrected chi connectivity index (χ1v) is 8.09. The van der Waals surface area contributed by atoms with Gasteiger partial charge in [-0.1, -0.05) is 29.8 Å². The smallest absolute Gasteiger partial charge is 0.149 e. The van der Waals surface area contributed by atoms with Gasteiger partial charge in [0.05, 0.1) is 22.4 Å². The first-order valence-electron chi connectivity index (χ1n) is 7.21. The van der Waals surface area contributed by atoms with E-state index in [2.05, 4.69) is 64.0 Å². The molecule has 0 bridgehead atoms. The van der Waals surface area contributed by atoms with Crippen LogP contribution in [0, 0.1) is 13.8 Å². The highest BCUT2D eigenvalue weighted by Crippen LogP contribution is 2.21. The third-order valence-corrected chi connectivity index (χ3v) is 4.25. The van der Waals surface area contributed by atoms with Gasteiger partial charge >= 0.3 is 0 Å². The van der Waals surface area contributed by atoms with Gasteiger partial charge in [0, 0.05) is 10.9 Å². The lowest BCUT2D eigenvalue weighted by Gasteiger charge is -2.12. The van der Waals surface area contributed by atoms with Gasteiger partial charge in [0.2, 0.25) is 0 Å². The molecule has 112 valence electrons. The van der Waals surface area contributed by atoms with Gasteiger partial charge in [0.15, 0.2) is 0 Å². The maximum atomic E-state index is 4.49. The molecule has 5 heteroatoms. The van der Waals surface area contributed by atoms with Crippen LogP contribution in [-0.2, 0) is 0 Å². The number of aryl methyl sites for hydroxylation is 2. The maximum Gasteiger partial charge on any atom is 0.149 e. The quantitative estimate of drug-likeness (QED) is 0.776. The zero-order valence-electron chi connectivity index (χ0n) is 12.9. The molecule has 0 saturated heterocycles. The summed E-state index contributed by atoms with van der Waals surface area (Å²) in [6.45, 7) is 6.16. The minimum absolute atomic E-state index is 0.115. The zero-order valence-corrected chi connectivity index (χ0v) is 13.7. The highest BCUT2D eigenvalue weighted by atomic mass is 32.1. The molecule has 2 heterocycles. The van der Waals surface area contributed by atoms with Gasteiger partial charge in [0.1, 0.15) is 5.82 Å². The van der Waals surface area contributed by atoms with Gasteiger partial charge in [-0.3, -0.25) is 0 Å². The van der Waals surface area contributed by atoms with Crippen molar-refractivity contribution in [3.63, 3.8) is 0 Å². The van der Waals surface area contributed by atoms with Crippen LogP contribution >= 0.6 is 11.3 Å². The van der Waals surface area contributed by atoms with Crippen LogP contribution < -0.4 is 5.32 Å². The van der Waals surface area contributed by atoms with E-state index in [0.717, 1.165) is 27.8 Å². The molecule has 0 spiro atoms. The van der Waals surface area contributed by atoms with Gasteiger partial charge in [-0.15, -0.1) is 21.5 Å². The van der Waals surface area contributed by atoms with E-state index in [-0.39, 0.29) is 6.04 Å². The third-order valence-electron chi connectivity index (χ3n) is 3.46. The maximum absolute atomic E-state index is 4.49. The van der Waals surface area contributed by atoms with E-state index in [1.807, 2.05) is 19.1 Å². The standard InChI is InChI=1S/C17H18N4S/c1-11-4-6-14(7-5-11)15-8-9-17(21-20-15)18-12(2)16-10-22-13(3)19-16/h4-10,12H,1-3H3,(H,18,21). The van der Waals surface area contributed by atoms with Crippen LogP contribution in [0.3, 0.4) is 0 Å². The summed E-state index contributed by atoms with van der Waals surface area (Å²) < 4.78 is 0. The number of hydrogen-bond donors (Lipinski definition) is 1. The van der Waals surface area contributed by atoms with Gasteiger partial charge in [0.25, 0.3) is 0 Å². The van der Waals surface area contributed by atoms with E-state index in [1.54, 1.807) is 11.3 Å². The van der Waals surface area contributed by atoms with E-state index < -0.39 is 0 Å². The number of nitrogens with zero attached hydrogens (tertiary/aromatic N) is 3. The summed E-state index contributed by atoms with van der Waals surface area (Å²) in [5, 5.41) is 15.0. The molecule has 1 unspecified atom stereocenters. The second-order valence-electron chi connectivity index (χ2n) is 5.33. The minimum atomic E-state index is 0.115. The van der Waals surface area contributed by atoms with Crippen molar-refractivity contribution in [2.45, 2.75) is 26.8 Å². The van der Waals surface area contributed by atoms with Crippen LogP contribution in [-0.4, -0.2) is 15.2 Å². The Hall–Kier alpha value is -2.27. The number of rotatable bonds is 4. The molecule has 1 N–H and O–H groups in total. The molecular formula is C17H18N4S. The lowest BCUT2D eigenvalue weighted by atomic mass is 10.1. The first kappa shape index (κ1) is 14.7. The highest BCUT2D eigenvalue weighted by molar-refractivity contribution is 7.09. The van der Waals surface area contributed by atoms with Gasteiger partial charge in [-0.05, 0) is 32.9 Å². The predicted molar refractivity (Wildman–Crippen MR) is 91.1 cm³/mol. The molecule has 0 fully saturated rings. The van der Waals surface area contributed by atoms with Crippen molar-refractivity contribution < 1.29 is 0 Å². The molecule has 0 aliphatic heterocycles. The topological polar surface area (TPSA) is 50.7 Å². The Balaban J connectivity index is 1.72. The Morgan fingerprint density at radius 2 is 1.77 bits per heavy atom. The molecule has 0 amide bonds. The van der Waals surface area contributed by atoms with E-state index in [4.69, 9.17) is 0 Å². The largest absolute Gasteiger partial charge is 0.360 e. The summed E-state index contributed by atoms with van der Waals surface area (Å²) in [5.74, 6) is 0.758. The summed E-state index contributed by atoms with van der Waals surface area (Å²) in [6.07, 6.45) is 0. The second-order valence-corrected chi connectivity index (χ2v) is 6.39. The molecular weight excluding hydrogens is 292 g/mol. The average Bonchev–Trinajstić information content (AvgIpc) is 2.96. The Bertz CT molecular complexity index is 747. The van der Waals surface area contributed by atoms with Crippen LogP contribution in [0.2, 0.25) is 0 Å². The number of nitrogens with one attached hydrogen (secondary N) is 1. The molecule has 22 heavy (non-hydrogen) atoms. The summed E-state index contributed by atoms with van der Waals surface area (Å²) in [4.78, 5) is 4.49. The predicted octanol–water partition coefficient (Wildman–Crippen LogP) is 4.39. The monoisotopic (exact) mass is 310 g/mol. The molecule has 4 nitrogen and oxygen atoms in total. The van der Waals surface area contributed by atoms with Crippen LogP contribution in [0.25, 0.3) is 11.3 Å². The van der Waals surface area contributed by atoms with Crippen LogP contribution in [0.4, 0.5) is 5.82 Å². The molecule has 2 aromatic heterocycles. The number of hydrogen-bond acceptors (Lipinski definition) is 5. The number of aromatic nitrogens is 3. The van der Waals surface area contributed by atoms with E-state index in [0.29, 0.717) is 0 Å². The minimum Gasteiger partial charge on any atom is -0.360 e. The van der Waals surface area contributed by atoms with Crippen LogP contribution in [0.15, 0.2) is 41.8 Å². The Labute approximate surface area is 134 Å². The normalized spacial score (nSPS) is 12.1. The van der Waals surface area contributed by atoms with Gasteiger partial charge < -0.3 is 5.32 Å². The average molecular weight is 310 g/mol. The van der Waals surface area contributed by atoms with Crippen molar-refractivity contribution >= 4 is 17.2 Å². The lowest BCUT2D eigenvalue weighted by molar-refractivity contribution is 0.829. The summed E-state index contributed by atoms with van der Waals surface area (Å²) in [6, 6.07) is 12.3. The van der Waals surface area contributed by atoms with Crippen molar-refractivity contribution in [1.82, 2.24) is 15.2 Å². The zero-order chi connectivity index (χ0) is 15.5. The molecule has 0 radical (unpaired) electrons. The van der Waals surface area contributed by atoms with Gasteiger partial charge in [-0.2, -0.15) is 0 Å². The van der Waals surface area contributed by atoms with E-state index in [1.165, 1.54) is 5.56 Å². The molecule has 1 atom stereocenters. The van der Waals surface area contributed by atoms with Gasteiger partial charge in [-0.25, -0.2) is 4.98 Å². The number of thiazole rings is 1. The molecule has 0 aliphatic carbocycles. The Morgan fingerprint density at radius 1 is 1.00 bits per heavy atom. The fourth-order valence-electron chi connectivity index (χ4n) is 2.16. The second kappa shape index (κ2) is 6.23. The summed E-state index contributed by atoms with van der Waals surface area (Å²) >= 11 is 1.66. The third kappa shape index (κ3) is 3.31. The SMILES string of the molecule is Cc1ccc(-c2ccc(NC(C)c3csc(C)n3)nn2)cc1. The number of benzene rings is 1. The molecule has 3 aromatic rings. The molecule has 1 aromatic carbocycles. The Morgan fingerprint density at radius 3 is 2.36 bits per heavy atom. The van der Waals surface area contributed by atoms with Crippen molar-refractivity contribution in [3.05, 3.63) is 58.0 Å². The fourth-order valence-corrected chi connectivity index (χ4v) is 2.87. The van der Waals surface area contributed by atoms with Crippen molar-refractivity contribution in [2.75, 3.05) is 5.32 Å². The van der Waals surface area contributed by atoms with Crippen LogP contribution in [0.5, 0.6) is 0 Å². The van der Waals surface area contributed by atoms with E-state index >= 15 is 0 Å². The molecule has 3 rings (SSSR count). The summed E-state index contributed by atoms with van der Waals surface area (Å²) in [5.41, 5.74) is 4.23.